The third-order valence-electron chi connectivity index (χ3n) is 4.19. The number of fused-ring (bicyclic) bond motifs is 1. The third-order valence-corrected chi connectivity index (χ3v) is 4.55. The molecule has 0 amide bonds. The first-order valence-corrected chi connectivity index (χ1v) is 8.48. The topological polar surface area (TPSA) is 58.3 Å². The summed E-state index contributed by atoms with van der Waals surface area (Å²) in [4.78, 5) is 4.60. The Bertz CT molecular complexity index is 834. The number of alkyl halides is 1. The molecule has 1 heterocycles. The highest BCUT2D eigenvalue weighted by Crippen LogP contribution is 2.29. The van der Waals surface area contributed by atoms with E-state index < -0.39 is 6.10 Å². The maximum Gasteiger partial charge on any atom is 0.227 e. The van der Waals surface area contributed by atoms with Gasteiger partial charge in [-0.25, -0.2) is 4.98 Å². The Morgan fingerprint density at radius 2 is 1.88 bits per heavy atom. The van der Waals surface area contributed by atoms with E-state index in [-0.39, 0.29) is 5.88 Å². The van der Waals surface area contributed by atoms with Crippen molar-refractivity contribution in [2.24, 2.45) is 0 Å². The number of oxazole rings is 1. The molecule has 0 spiro atoms. The van der Waals surface area contributed by atoms with Gasteiger partial charge in [0.25, 0.3) is 0 Å². The summed E-state index contributed by atoms with van der Waals surface area (Å²) in [7, 11) is 0. The number of benzene rings is 2. The minimum absolute atomic E-state index is 0.204. The van der Waals surface area contributed by atoms with Crippen LogP contribution in [0.2, 0.25) is 0 Å². The van der Waals surface area contributed by atoms with Crippen LogP contribution in [-0.2, 0) is 0 Å². The van der Waals surface area contributed by atoms with E-state index in [2.05, 4.69) is 24.1 Å². The molecule has 126 valence electrons. The zero-order valence-electron chi connectivity index (χ0n) is 14.1. The second kappa shape index (κ2) is 6.83. The van der Waals surface area contributed by atoms with Gasteiger partial charge in [-0.05, 0) is 61.7 Å². The third kappa shape index (κ3) is 3.40. The molecular weight excluding hydrogens is 324 g/mol. The molecule has 0 bridgehead atoms. The van der Waals surface area contributed by atoms with Crippen LogP contribution >= 0.6 is 11.6 Å². The standard InChI is InChI=1S/C19H21ClN2O2/c1-11-4-5-14(8-16(11)21-10-15(23)9-20)19-22-17-6-12(2)13(3)7-18(17)24-19/h4-8,15,21,23H,9-10H2,1-3H3. The van der Waals surface area contributed by atoms with Crippen LogP contribution in [-0.4, -0.2) is 28.6 Å². The number of halogens is 1. The minimum Gasteiger partial charge on any atom is -0.436 e. The summed E-state index contributed by atoms with van der Waals surface area (Å²) in [5.41, 5.74) is 6.96. The molecule has 0 saturated heterocycles. The molecule has 1 atom stereocenters. The number of aliphatic hydroxyl groups excluding tert-OH is 1. The fourth-order valence-corrected chi connectivity index (χ4v) is 2.64. The molecule has 0 radical (unpaired) electrons. The molecule has 24 heavy (non-hydrogen) atoms. The molecule has 5 heteroatoms. The molecule has 0 aliphatic carbocycles. The van der Waals surface area contributed by atoms with E-state index in [0.717, 1.165) is 27.9 Å². The van der Waals surface area contributed by atoms with Crippen molar-refractivity contribution in [1.29, 1.82) is 0 Å². The molecule has 0 aliphatic rings. The Kier molecular flexibility index (Phi) is 4.78. The number of hydrogen-bond acceptors (Lipinski definition) is 4. The fraction of sp³-hybridized carbons (Fsp3) is 0.316. The number of aryl methyl sites for hydroxylation is 3. The fourth-order valence-electron chi connectivity index (χ4n) is 2.53. The van der Waals surface area contributed by atoms with E-state index in [9.17, 15) is 5.11 Å². The summed E-state index contributed by atoms with van der Waals surface area (Å²) >= 11 is 5.64. The molecule has 4 nitrogen and oxygen atoms in total. The molecule has 0 aliphatic heterocycles. The number of aliphatic hydroxyl groups is 1. The summed E-state index contributed by atoms with van der Waals surface area (Å²) in [6, 6.07) is 10.0. The second-order valence-corrected chi connectivity index (χ2v) is 6.45. The van der Waals surface area contributed by atoms with Crippen LogP contribution in [0.25, 0.3) is 22.6 Å². The largest absolute Gasteiger partial charge is 0.436 e. The Morgan fingerprint density at radius 1 is 1.12 bits per heavy atom. The van der Waals surface area contributed by atoms with Crippen molar-refractivity contribution in [2.75, 3.05) is 17.7 Å². The van der Waals surface area contributed by atoms with Gasteiger partial charge in [-0.2, -0.15) is 0 Å². The number of rotatable bonds is 5. The smallest absolute Gasteiger partial charge is 0.227 e. The van der Waals surface area contributed by atoms with Gasteiger partial charge in [0.05, 0.1) is 12.0 Å². The lowest BCUT2D eigenvalue weighted by molar-refractivity contribution is 0.211. The van der Waals surface area contributed by atoms with E-state index in [1.165, 1.54) is 11.1 Å². The first kappa shape index (κ1) is 16.8. The van der Waals surface area contributed by atoms with Gasteiger partial charge in [-0.15, -0.1) is 11.6 Å². The molecule has 2 N–H and O–H groups in total. The first-order valence-electron chi connectivity index (χ1n) is 7.94. The van der Waals surface area contributed by atoms with Gasteiger partial charge in [0.2, 0.25) is 5.89 Å². The molecule has 2 aromatic carbocycles. The molecule has 1 unspecified atom stereocenters. The highest BCUT2D eigenvalue weighted by Gasteiger charge is 2.12. The highest BCUT2D eigenvalue weighted by molar-refractivity contribution is 6.18. The molecule has 3 rings (SSSR count). The van der Waals surface area contributed by atoms with Gasteiger partial charge in [-0.3, -0.25) is 0 Å². The van der Waals surface area contributed by atoms with Crippen molar-refractivity contribution in [3.05, 3.63) is 47.0 Å². The Labute approximate surface area is 146 Å². The van der Waals surface area contributed by atoms with E-state index >= 15 is 0 Å². The summed E-state index contributed by atoms with van der Waals surface area (Å²) in [5.74, 6) is 0.797. The average Bonchev–Trinajstić information content (AvgIpc) is 2.96. The molecule has 3 aromatic rings. The lowest BCUT2D eigenvalue weighted by Crippen LogP contribution is -2.21. The van der Waals surface area contributed by atoms with Crippen molar-refractivity contribution >= 4 is 28.4 Å². The van der Waals surface area contributed by atoms with Crippen LogP contribution in [0.3, 0.4) is 0 Å². The quantitative estimate of drug-likeness (QED) is 0.672. The van der Waals surface area contributed by atoms with Crippen LogP contribution in [0.4, 0.5) is 5.69 Å². The van der Waals surface area contributed by atoms with Gasteiger partial charge < -0.3 is 14.8 Å². The zero-order valence-corrected chi connectivity index (χ0v) is 14.8. The predicted molar refractivity (Wildman–Crippen MR) is 98.9 cm³/mol. The molecule has 0 saturated carbocycles. The van der Waals surface area contributed by atoms with Crippen molar-refractivity contribution < 1.29 is 9.52 Å². The lowest BCUT2D eigenvalue weighted by atomic mass is 10.1. The number of hydrogen-bond donors (Lipinski definition) is 2. The SMILES string of the molecule is Cc1cc2nc(-c3ccc(C)c(NCC(O)CCl)c3)oc2cc1C. The van der Waals surface area contributed by atoms with Crippen LogP contribution in [0, 0.1) is 20.8 Å². The number of aromatic nitrogens is 1. The second-order valence-electron chi connectivity index (χ2n) is 6.14. The maximum atomic E-state index is 9.62. The van der Waals surface area contributed by atoms with E-state index in [1.54, 1.807) is 0 Å². The van der Waals surface area contributed by atoms with Gasteiger partial charge in [-0.1, -0.05) is 6.07 Å². The van der Waals surface area contributed by atoms with Crippen molar-refractivity contribution in [3.8, 4) is 11.5 Å². The summed E-state index contributed by atoms with van der Waals surface area (Å²) in [5, 5.41) is 12.8. The maximum absolute atomic E-state index is 9.62. The van der Waals surface area contributed by atoms with Crippen LogP contribution in [0.15, 0.2) is 34.7 Å². The normalized spacial score (nSPS) is 12.5. The lowest BCUT2D eigenvalue weighted by Gasteiger charge is -2.13. The molecule has 1 aromatic heterocycles. The van der Waals surface area contributed by atoms with Crippen LogP contribution in [0.1, 0.15) is 16.7 Å². The predicted octanol–water partition coefficient (Wildman–Crippen LogP) is 4.43. The Hall–Kier alpha value is -2.04. The van der Waals surface area contributed by atoms with Gasteiger partial charge in [0.1, 0.15) is 5.52 Å². The monoisotopic (exact) mass is 344 g/mol. The van der Waals surface area contributed by atoms with E-state index in [0.29, 0.717) is 12.4 Å². The summed E-state index contributed by atoms with van der Waals surface area (Å²) in [6.45, 7) is 6.55. The van der Waals surface area contributed by atoms with E-state index in [1.807, 2.05) is 37.3 Å². The molecular formula is C19H21ClN2O2. The van der Waals surface area contributed by atoms with E-state index in [4.69, 9.17) is 16.0 Å². The zero-order chi connectivity index (χ0) is 17.3. The van der Waals surface area contributed by atoms with Gasteiger partial charge in [0, 0.05) is 17.8 Å². The summed E-state index contributed by atoms with van der Waals surface area (Å²) in [6.07, 6.45) is -0.579. The van der Waals surface area contributed by atoms with Crippen molar-refractivity contribution in [2.45, 2.75) is 26.9 Å². The van der Waals surface area contributed by atoms with Crippen LogP contribution < -0.4 is 5.32 Å². The number of nitrogens with one attached hydrogen (secondary N) is 1. The van der Waals surface area contributed by atoms with Crippen molar-refractivity contribution in [1.82, 2.24) is 4.98 Å². The van der Waals surface area contributed by atoms with Crippen LogP contribution in [0.5, 0.6) is 0 Å². The first-order chi connectivity index (χ1) is 11.5. The number of nitrogens with zero attached hydrogens (tertiary/aromatic N) is 1. The highest BCUT2D eigenvalue weighted by atomic mass is 35.5. The Balaban J connectivity index is 1.94. The average molecular weight is 345 g/mol. The number of anilines is 1. The summed E-state index contributed by atoms with van der Waals surface area (Å²) < 4.78 is 5.92. The Morgan fingerprint density at radius 3 is 2.62 bits per heavy atom. The minimum atomic E-state index is -0.579. The van der Waals surface area contributed by atoms with Gasteiger partial charge >= 0.3 is 0 Å². The van der Waals surface area contributed by atoms with Gasteiger partial charge in [0.15, 0.2) is 5.58 Å². The molecule has 0 fully saturated rings. The van der Waals surface area contributed by atoms with Crippen molar-refractivity contribution in [3.63, 3.8) is 0 Å².